The van der Waals surface area contributed by atoms with Gasteiger partial charge in [-0.25, -0.2) is 0 Å². The lowest BCUT2D eigenvalue weighted by molar-refractivity contribution is -0.124. The van der Waals surface area contributed by atoms with Crippen molar-refractivity contribution in [2.24, 2.45) is 17.8 Å². The molecule has 1 rings (SSSR count). The summed E-state index contributed by atoms with van der Waals surface area (Å²) in [4.78, 5) is 47.4. The van der Waals surface area contributed by atoms with E-state index in [1.165, 1.54) is 0 Å². The predicted molar refractivity (Wildman–Crippen MR) is 154 cm³/mol. The quantitative estimate of drug-likeness (QED) is 0.164. The van der Waals surface area contributed by atoms with Crippen LogP contribution in [0.2, 0.25) is 0 Å². The molecule has 0 aliphatic heterocycles. The van der Waals surface area contributed by atoms with Crippen LogP contribution in [0, 0.1) is 17.8 Å². The number of carbonyl (C=O) groups is 4. The molecule has 12 nitrogen and oxygen atoms in total. The van der Waals surface area contributed by atoms with Gasteiger partial charge >= 0.3 is 0 Å². The van der Waals surface area contributed by atoms with Crippen LogP contribution < -0.4 is 10.6 Å². The van der Waals surface area contributed by atoms with E-state index in [1.54, 1.807) is 10.9 Å². The number of hydrogen-bond acceptors (Lipinski definition) is 10. The molecule has 0 radical (unpaired) electrons. The lowest BCUT2D eigenvalue weighted by atomic mass is 10.1. The average molecular weight is 582 g/mol. The third-order valence-corrected chi connectivity index (χ3v) is 6.32. The lowest BCUT2D eigenvalue weighted by Gasteiger charge is -2.19. The number of nitrogens with one attached hydrogen (secondary N) is 2. The van der Waals surface area contributed by atoms with Crippen molar-refractivity contribution in [1.82, 2.24) is 25.6 Å². The van der Waals surface area contributed by atoms with E-state index in [9.17, 15) is 19.2 Å². The summed E-state index contributed by atoms with van der Waals surface area (Å²) in [7, 11) is 0. The molecule has 234 valence electrons. The molecule has 2 N–H and O–H groups in total. The van der Waals surface area contributed by atoms with E-state index in [0.29, 0.717) is 84.2 Å². The van der Waals surface area contributed by atoms with Crippen LogP contribution >= 0.6 is 0 Å². The molecule has 0 spiro atoms. The number of carbonyl (C=O) groups excluding carboxylic acids is 4. The fourth-order valence-corrected chi connectivity index (χ4v) is 3.51. The average Bonchev–Trinajstić information content (AvgIpc) is 3.36. The number of rotatable bonds is 25. The van der Waals surface area contributed by atoms with Crippen LogP contribution in [-0.4, -0.2) is 97.0 Å². The Morgan fingerprint density at radius 1 is 0.756 bits per heavy atom. The summed E-state index contributed by atoms with van der Waals surface area (Å²) in [5, 5.41) is 14.3. The van der Waals surface area contributed by atoms with E-state index in [-0.39, 0.29) is 53.5 Å². The van der Waals surface area contributed by atoms with Gasteiger partial charge in [-0.2, -0.15) is 0 Å². The summed E-state index contributed by atoms with van der Waals surface area (Å²) in [6, 6.07) is -0.127. The largest absolute Gasteiger partial charge is 0.379 e. The maximum atomic E-state index is 12.2. The Kier molecular flexibility index (Phi) is 18.9. The van der Waals surface area contributed by atoms with Gasteiger partial charge in [0.1, 0.15) is 17.3 Å². The summed E-state index contributed by atoms with van der Waals surface area (Å²) in [5.74, 6) is 0.279. The number of aromatic nitrogens is 3. The van der Waals surface area contributed by atoms with Crippen LogP contribution in [0.3, 0.4) is 0 Å². The van der Waals surface area contributed by atoms with Crippen molar-refractivity contribution < 1.29 is 33.4 Å². The van der Waals surface area contributed by atoms with E-state index in [0.717, 1.165) is 0 Å². The van der Waals surface area contributed by atoms with Gasteiger partial charge in [-0.05, 0) is 0 Å². The van der Waals surface area contributed by atoms with Gasteiger partial charge in [0.15, 0.2) is 0 Å². The summed E-state index contributed by atoms with van der Waals surface area (Å²) >= 11 is 0. The maximum Gasteiger partial charge on any atom is 0.226 e. The number of hydrogen-bond donors (Lipinski definition) is 2. The lowest BCUT2D eigenvalue weighted by Crippen LogP contribution is -2.40. The standard InChI is InChI=1S/C29H51N5O7/c1-21(2)26(35)7-13-39-16-11-31-29(38)17-24-18-34(33-32-24)12-10-30-25(19-40-14-8-27(36)22(3)4)20-41-15-9-28(37)23(5)6/h18,21-23,25,30H,7-17,19-20H2,1-6H3,(H,31,38). The second-order valence-electron chi connectivity index (χ2n) is 11.0. The van der Waals surface area contributed by atoms with E-state index < -0.39 is 0 Å². The van der Waals surface area contributed by atoms with Crippen LogP contribution in [0.15, 0.2) is 6.20 Å². The topological polar surface area (TPSA) is 151 Å². The zero-order chi connectivity index (χ0) is 30.6. The van der Waals surface area contributed by atoms with Gasteiger partial charge in [0.25, 0.3) is 0 Å². The van der Waals surface area contributed by atoms with E-state index in [4.69, 9.17) is 14.2 Å². The fourth-order valence-electron chi connectivity index (χ4n) is 3.51. The number of amides is 1. The molecule has 1 aromatic rings. The molecule has 0 saturated carbocycles. The molecule has 0 aromatic carbocycles. The van der Waals surface area contributed by atoms with Crippen LogP contribution in [0.4, 0.5) is 0 Å². The van der Waals surface area contributed by atoms with Crippen molar-refractivity contribution in [2.45, 2.75) is 79.8 Å². The highest BCUT2D eigenvalue weighted by atomic mass is 16.5. The van der Waals surface area contributed by atoms with Crippen molar-refractivity contribution in [2.75, 3.05) is 52.7 Å². The fraction of sp³-hybridized carbons (Fsp3) is 0.793. The van der Waals surface area contributed by atoms with Gasteiger partial charge < -0.3 is 24.8 Å². The SMILES string of the molecule is CC(C)C(=O)CCOCCNC(=O)Cc1cn(CCNC(COCCC(=O)C(C)C)COCCC(=O)C(C)C)nn1. The summed E-state index contributed by atoms with van der Waals surface area (Å²) in [6.07, 6.45) is 2.95. The predicted octanol–water partition coefficient (Wildman–Crippen LogP) is 1.79. The van der Waals surface area contributed by atoms with Gasteiger partial charge in [0.05, 0.1) is 64.3 Å². The van der Waals surface area contributed by atoms with Gasteiger partial charge in [-0.15, -0.1) is 5.10 Å². The Bertz CT molecular complexity index is 889. The van der Waals surface area contributed by atoms with Crippen LogP contribution in [0.25, 0.3) is 0 Å². The third kappa shape index (κ3) is 17.8. The molecular weight excluding hydrogens is 530 g/mol. The monoisotopic (exact) mass is 581 g/mol. The zero-order valence-corrected chi connectivity index (χ0v) is 25.8. The number of Topliss-reactive ketones (excluding diaryl/α,β-unsaturated/α-hetero) is 3. The molecule has 1 amide bonds. The Balaban J connectivity index is 2.38. The number of ketones is 3. The first-order valence-electron chi connectivity index (χ1n) is 14.7. The van der Waals surface area contributed by atoms with E-state index in [1.807, 2.05) is 41.5 Å². The highest BCUT2D eigenvalue weighted by molar-refractivity contribution is 5.81. The highest BCUT2D eigenvalue weighted by Crippen LogP contribution is 2.02. The minimum Gasteiger partial charge on any atom is -0.379 e. The molecule has 0 atom stereocenters. The van der Waals surface area contributed by atoms with Gasteiger partial charge in [0.2, 0.25) is 5.91 Å². The number of nitrogens with zero attached hydrogens (tertiary/aromatic N) is 3. The van der Waals surface area contributed by atoms with Crippen molar-refractivity contribution in [1.29, 1.82) is 0 Å². The van der Waals surface area contributed by atoms with Crippen LogP contribution in [0.5, 0.6) is 0 Å². The van der Waals surface area contributed by atoms with Crippen molar-refractivity contribution >= 4 is 23.3 Å². The molecule has 0 bridgehead atoms. The molecule has 1 aromatic heterocycles. The minimum atomic E-state index is -0.182. The van der Waals surface area contributed by atoms with Crippen LogP contribution in [0.1, 0.15) is 66.5 Å². The molecule has 0 fully saturated rings. The molecule has 41 heavy (non-hydrogen) atoms. The minimum absolute atomic E-state index is 0.00176. The van der Waals surface area contributed by atoms with Crippen LogP contribution in [-0.2, 0) is 46.4 Å². The van der Waals surface area contributed by atoms with E-state index in [2.05, 4.69) is 20.9 Å². The molecule has 0 saturated heterocycles. The van der Waals surface area contributed by atoms with Crippen molar-refractivity contribution in [3.05, 3.63) is 11.9 Å². The Morgan fingerprint density at radius 3 is 1.78 bits per heavy atom. The Hall–Kier alpha value is -2.54. The summed E-state index contributed by atoms with van der Waals surface area (Å²) < 4.78 is 18.5. The third-order valence-electron chi connectivity index (χ3n) is 6.32. The molecular formula is C29H51N5O7. The van der Waals surface area contributed by atoms with E-state index >= 15 is 0 Å². The number of ether oxygens (including phenoxy) is 3. The van der Waals surface area contributed by atoms with Gasteiger partial charge in [-0.3, -0.25) is 23.9 Å². The zero-order valence-electron chi connectivity index (χ0n) is 25.8. The second-order valence-corrected chi connectivity index (χ2v) is 11.0. The molecule has 1 heterocycles. The van der Waals surface area contributed by atoms with Gasteiger partial charge in [-0.1, -0.05) is 46.8 Å². The first kappa shape index (κ1) is 36.5. The molecule has 0 aliphatic rings. The summed E-state index contributed by atoms with van der Waals surface area (Å²) in [6.45, 7) is 14.8. The molecule has 0 unspecified atom stereocenters. The smallest absolute Gasteiger partial charge is 0.226 e. The van der Waals surface area contributed by atoms with Gasteiger partial charge in [0, 0.05) is 56.3 Å². The molecule has 0 aliphatic carbocycles. The van der Waals surface area contributed by atoms with Crippen molar-refractivity contribution in [3.8, 4) is 0 Å². The second kappa shape index (κ2) is 21.2. The normalized spacial score (nSPS) is 11.7. The Morgan fingerprint density at radius 2 is 1.27 bits per heavy atom. The highest BCUT2D eigenvalue weighted by Gasteiger charge is 2.13. The molecule has 12 heteroatoms. The summed E-state index contributed by atoms with van der Waals surface area (Å²) in [5.41, 5.74) is 0.554. The van der Waals surface area contributed by atoms with Crippen molar-refractivity contribution in [3.63, 3.8) is 0 Å². The maximum absolute atomic E-state index is 12.2. The first-order chi connectivity index (χ1) is 19.5. The Labute approximate surface area is 244 Å². The first-order valence-corrected chi connectivity index (χ1v) is 14.7.